The molecule has 7 nitrogen and oxygen atoms in total. The molecule has 3 heterocycles. The number of hydrogen-bond donors (Lipinski definition) is 1. The van der Waals surface area contributed by atoms with E-state index in [0.29, 0.717) is 19.8 Å². The third kappa shape index (κ3) is 7.53. The lowest BCUT2D eigenvalue weighted by atomic mass is 10.2. The zero-order valence-corrected chi connectivity index (χ0v) is 24.4. The number of aromatic amines is 1. The number of halogens is 1. The summed E-state index contributed by atoms with van der Waals surface area (Å²) in [5, 5.41) is 0.748. The summed E-state index contributed by atoms with van der Waals surface area (Å²) in [6.07, 6.45) is 5.95. The predicted molar refractivity (Wildman–Crippen MR) is 165 cm³/mol. The fourth-order valence-electron chi connectivity index (χ4n) is 5.63. The van der Waals surface area contributed by atoms with Gasteiger partial charge < -0.3 is 19.2 Å². The van der Waals surface area contributed by atoms with E-state index < -0.39 is 0 Å². The van der Waals surface area contributed by atoms with Crippen molar-refractivity contribution in [1.82, 2.24) is 19.8 Å². The molecule has 0 amide bonds. The summed E-state index contributed by atoms with van der Waals surface area (Å²) in [7, 11) is 0. The van der Waals surface area contributed by atoms with Crippen LogP contribution in [0.4, 0.5) is 0 Å². The van der Waals surface area contributed by atoms with Crippen LogP contribution in [0.5, 0.6) is 17.2 Å². The van der Waals surface area contributed by atoms with E-state index in [0.717, 1.165) is 77.3 Å². The monoisotopic (exact) mass is 574 g/mol. The third-order valence-electron chi connectivity index (χ3n) is 7.96. The molecule has 8 heteroatoms. The highest BCUT2D eigenvalue weighted by molar-refractivity contribution is 6.30. The summed E-state index contributed by atoms with van der Waals surface area (Å²) in [6, 6.07) is 20.0. The van der Waals surface area contributed by atoms with E-state index in [9.17, 15) is 0 Å². The fraction of sp³-hybridized carbons (Fsp3) is 0.424. The molecule has 0 bridgehead atoms. The van der Waals surface area contributed by atoms with Crippen molar-refractivity contribution in [3.8, 4) is 28.6 Å². The number of imidazole rings is 1. The van der Waals surface area contributed by atoms with Crippen molar-refractivity contribution in [3.05, 3.63) is 71.2 Å². The van der Waals surface area contributed by atoms with Crippen molar-refractivity contribution in [1.29, 1.82) is 0 Å². The quantitative estimate of drug-likeness (QED) is 0.198. The van der Waals surface area contributed by atoms with Crippen LogP contribution in [0, 0.1) is 0 Å². The second-order valence-corrected chi connectivity index (χ2v) is 11.4. The Hall–Kier alpha value is -3.26. The largest absolute Gasteiger partial charge is 0.493 e. The van der Waals surface area contributed by atoms with Crippen LogP contribution >= 0.6 is 11.6 Å². The van der Waals surface area contributed by atoms with E-state index in [1.807, 2.05) is 60.7 Å². The number of nitrogens with zero attached hydrogens (tertiary/aromatic N) is 3. The molecule has 2 aliphatic rings. The minimum absolute atomic E-state index is 0.601. The molecule has 2 saturated heterocycles. The molecule has 0 atom stereocenters. The number of rotatable bonds is 13. The van der Waals surface area contributed by atoms with Crippen molar-refractivity contribution in [2.75, 3.05) is 59.1 Å². The molecule has 2 fully saturated rings. The lowest BCUT2D eigenvalue weighted by Gasteiger charge is -2.17. The van der Waals surface area contributed by atoms with Crippen LogP contribution in [-0.2, 0) is 6.42 Å². The van der Waals surface area contributed by atoms with Gasteiger partial charge in [-0.1, -0.05) is 23.7 Å². The second-order valence-electron chi connectivity index (χ2n) is 10.9. The van der Waals surface area contributed by atoms with Crippen molar-refractivity contribution in [2.45, 2.75) is 32.1 Å². The average molecular weight is 575 g/mol. The van der Waals surface area contributed by atoms with Crippen LogP contribution in [0.15, 0.2) is 60.7 Å². The Balaban J connectivity index is 1.13. The second kappa shape index (κ2) is 13.6. The molecule has 0 radical (unpaired) electrons. The summed E-state index contributed by atoms with van der Waals surface area (Å²) in [4.78, 5) is 13.4. The Bertz CT molecular complexity index is 1390. The van der Waals surface area contributed by atoms with Crippen LogP contribution in [0.25, 0.3) is 22.4 Å². The number of fused-ring (bicyclic) bond motifs is 1. The number of aromatic nitrogens is 2. The van der Waals surface area contributed by atoms with Gasteiger partial charge in [-0.25, -0.2) is 4.98 Å². The fourth-order valence-corrected chi connectivity index (χ4v) is 5.75. The van der Waals surface area contributed by atoms with Gasteiger partial charge in [-0.15, -0.1) is 0 Å². The first kappa shape index (κ1) is 27.9. The van der Waals surface area contributed by atoms with E-state index in [-0.39, 0.29) is 0 Å². The zero-order valence-electron chi connectivity index (χ0n) is 23.6. The Morgan fingerprint density at radius 3 is 2.02 bits per heavy atom. The van der Waals surface area contributed by atoms with Gasteiger partial charge >= 0.3 is 0 Å². The normalized spacial score (nSPS) is 16.0. The van der Waals surface area contributed by atoms with Gasteiger partial charge in [-0.2, -0.15) is 0 Å². The molecule has 3 aromatic carbocycles. The van der Waals surface area contributed by atoms with Crippen molar-refractivity contribution < 1.29 is 14.2 Å². The molecule has 2 aliphatic heterocycles. The molecule has 1 N–H and O–H groups in total. The molecule has 0 saturated carbocycles. The number of ether oxygens (including phenoxy) is 3. The smallest absolute Gasteiger partial charge is 0.150 e. The number of hydrogen-bond acceptors (Lipinski definition) is 6. The molecule has 0 spiro atoms. The summed E-state index contributed by atoms with van der Waals surface area (Å²) < 4.78 is 18.5. The SMILES string of the molecule is Clc1ccc(CCOc2ccc(-c3nc4c(OCCN5CCCC5)cc(OCCN5CCCC5)cc4[nH]3)cc2)cc1. The third-order valence-corrected chi connectivity index (χ3v) is 8.22. The Morgan fingerprint density at radius 1 is 0.707 bits per heavy atom. The van der Waals surface area contributed by atoms with Gasteiger partial charge in [0.25, 0.3) is 0 Å². The molecule has 1 aromatic heterocycles. The van der Waals surface area contributed by atoms with E-state index in [4.69, 9.17) is 30.8 Å². The predicted octanol–water partition coefficient (Wildman–Crippen LogP) is 6.45. The molecular formula is C33H39ClN4O3. The van der Waals surface area contributed by atoms with Crippen LogP contribution < -0.4 is 14.2 Å². The first-order valence-electron chi connectivity index (χ1n) is 14.9. The highest BCUT2D eigenvalue weighted by Crippen LogP contribution is 2.33. The zero-order chi connectivity index (χ0) is 27.9. The number of likely N-dealkylation sites (tertiary alicyclic amines) is 2. The van der Waals surface area contributed by atoms with E-state index in [1.165, 1.54) is 44.3 Å². The average Bonchev–Trinajstić information content (AvgIpc) is 3.77. The first-order chi connectivity index (χ1) is 20.2. The summed E-state index contributed by atoms with van der Waals surface area (Å²) >= 11 is 5.98. The van der Waals surface area contributed by atoms with Crippen LogP contribution in [0.2, 0.25) is 5.02 Å². The maximum atomic E-state index is 6.32. The van der Waals surface area contributed by atoms with Gasteiger partial charge in [0, 0.05) is 42.2 Å². The maximum absolute atomic E-state index is 6.32. The Morgan fingerprint density at radius 2 is 1.34 bits per heavy atom. The molecular weight excluding hydrogens is 536 g/mol. The van der Waals surface area contributed by atoms with Crippen LogP contribution in [-0.4, -0.2) is 78.9 Å². The van der Waals surface area contributed by atoms with Crippen LogP contribution in [0.1, 0.15) is 31.2 Å². The molecule has 41 heavy (non-hydrogen) atoms. The van der Waals surface area contributed by atoms with Crippen molar-refractivity contribution in [2.24, 2.45) is 0 Å². The topological polar surface area (TPSA) is 62.9 Å². The summed E-state index contributed by atoms with van der Waals surface area (Å²) in [5.41, 5.74) is 3.94. The number of benzene rings is 3. The molecule has 4 aromatic rings. The first-order valence-corrected chi connectivity index (χ1v) is 15.3. The lowest BCUT2D eigenvalue weighted by molar-refractivity contribution is 0.231. The van der Waals surface area contributed by atoms with Gasteiger partial charge in [-0.3, -0.25) is 9.80 Å². The van der Waals surface area contributed by atoms with Crippen LogP contribution in [0.3, 0.4) is 0 Å². The highest BCUT2D eigenvalue weighted by atomic mass is 35.5. The molecule has 0 aliphatic carbocycles. The van der Waals surface area contributed by atoms with E-state index in [1.54, 1.807) is 0 Å². The van der Waals surface area contributed by atoms with Crippen molar-refractivity contribution in [3.63, 3.8) is 0 Å². The Labute approximate surface area is 247 Å². The van der Waals surface area contributed by atoms with Gasteiger partial charge in [0.15, 0.2) is 5.75 Å². The van der Waals surface area contributed by atoms with E-state index in [2.05, 4.69) is 14.8 Å². The standard InChI is InChI=1S/C33H39ClN4O3/c34-27-9-5-25(6-10-27)13-20-39-28-11-7-26(8-12-28)33-35-30-23-29(40-21-18-37-14-1-2-15-37)24-31(32(30)36-33)41-22-19-38-16-3-4-17-38/h5-12,23-24H,1-4,13-22H2,(H,35,36). The minimum Gasteiger partial charge on any atom is -0.493 e. The van der Waals surface area contributed by atoms with Crippen molar-refractivity contribution >= 4 is 22.6 Å². The van der Waals surface area contributed by atoms with Gasteiger partial charge in [0.1, 0.15) is 36.1 Å². The molecule has 216 valence electrons. The minimum atomic E-state index is 0.601. The summed E-state index contributed by atoms with van der Waals surface area (Å²) in [5.74, 6) is 3.21. The van der Waals surface area contributed by atoms with Gasteiger partial charge in [0.05, 0.1) is 12.1 Å². The molecule has 6 rings (SSSR count). The summed E-state index contributed by atoms with van der Waals surface area (Å²) in [6.45, 7) is 8.44. The highest BCUT2D eigenvalue weighted by Gasteiger charge is 2.16. The molecule has 0 unspecified atom stereocenters. The van der Waals surface area contributed by atoms with Gasteiger partial charge in [0.2, 0.25) is 0 Å². The van der Waals surface area contributed by atoms with E-state index >= 15 is 0 Å². The Kier molecular flexibility index (Phi) is 9.25. The lowest BCUT2D eigenvalue weighted by Crippen LogP contribution is -2.25. The number of H-pyrrole nitrogens is 1. The van der Waals surface area contributed by atoms with Gasteiger partial charge in [-0.05, 0) is 93.8 Å². The maximum Gasteiger partial charge on any atom is 0.150 e. The number of nitrogens with one attached hydrogen (secondary N) is 1.